The lowest BCUT2D eigenvalue weighted by Crippen LogP contribution is -2.31. The van der Waals surface area contributed by atoms with Crippen LogP contribution in [0.5, 0.6) is 0 Å². The van der Waals surface area contributed by atoms with Gasteiger partial charge < -0.3 is 10.2 Å². The summed E-state index contributed by atoms with van der Waals surface area (Å²) < 4.78 is 1.28. The van der Waals surface area contributed by atoms with E-state index in [9.17, 15) is 4.79 Å². The molecule has 2 aliphatic rings. The number of hydrogen-bond donors (Lipinski definition) is 1. The number of carbonyl (C=O) groups excluding carboxylic acids is 1. The summed E-state index contributed by atoms with van der Waals surface area (Å²) in [5.74, 6) is 1.05. The summed E-state index contributed by atoms with van der Waals surface area (Å²) in [6, 6.07) is 8.77. The van der Waals surface area contributed by atoms with Crippen molar-refractivity contribution in [1.29, 1.82) is 0 Å². The fraction of sp³-hybridized carbons (Fsp3) is 0.588. The predicted molar refractivity (Wildman–Crippen MR) is 93.1 cm³/mol. The van der Waals surface area contributed by atoms with Gasteiger partial charge in [-0.05, 0) is 78.9 Å². The first-order valence-electron chi connectivity index (χ1n) is 8.00. The Hall–Kier alpha value is -0.620. The lowest BCUT2D eigenvalue weighted by Gasteiger charge is -2.26. The van der Waals surface area contributed by atoms with Gasteiger partial charge in [0, 0.05) is 16.5 Å². The van der Waals surface area contributed by atoms with Crippen LogP contribution in [0.2, 0.25) is 0 Å². The van der Waals surface area contributed by atoms with Crippen LogP contribution in [0.15, 0.2) is 24.3 Å². The number of amides is 1. The first kappa shape index (κ1) is 15.3. The fourth-order valence-electron chi connectivity index (χ4n) is 3.57. The molecule has 3 nitrogen and oxygen atoms in total. The molecule has 2 heterocycles. The number of carbonyl (C=O) groups is 1. The van der Waals surface area contributed by atoms with Crippen molar-refractivity contribution < 1.29 is 4.79 Å². The number of hydrogen-bond acceptors (Lipinski definition) is 2. The van der Waals surface area contributed by atoms with Gasteiger partial charge in [0.25, 0.3) is 0 Å². The molecule has 1 amide bonds. The van der Waals surface area contributed by atoms with E-state index in [4.69, 9.17) is 0 Å². The van der Waals surface area contributed by atoms with E-state index in [2.05, 4.69) is 57.1 Å². The Balaban J connectivity index is 1.63. The Labute approximate surface area is 140 Å². The van der Waals surface area contributed by atoms with Crippen molar-refractivity contribution in [2.45, 2.75) is 38.1 Å². The van der Waals surface area contributed by atoms with Crippen molar-refractivity contribution in [1.82, 2.24) is 10.2 Å². The molecule has 1 aromatic carbocycles. The number of halogens is 1. The molecule has 21 heavy (non-hydrogen) atoms. The Morgan fingerprint density at radius 1 is 1.33 bits per heavy atom. The zero-order valence-electron chi connectivity index (χ0n) is 12.4. The minimum Gasteiger partial charge on any atom is -0.336 e. The molecule has 2 aliphatic heterocycles. The molecule has 0 bridgehead atoms. The van der Waals surface area contributed by atoms with Gasteiger partial charge in [-0.3, -0.25) is 4.79 Å². The van der Waals surface area contributed by atoms with Gasteiger partial charge in [0.05, 0.1) is 6.04 Å². The number of rotatable bonds is 4. The maximum Gasteiger partial charge on any atom is 0.223 e. The van der Waals surface area contributed by atoms with Crippen molar-refractivity contribution in [2.75, 3.05) is 19.6 Å². The van der Waals surface area contributed by atoms with Crippen LogP contribution in [-0.4, -0.2) is 30.4 Å². The SMILES string of the molecule is O=C(CCC1CCNC1)N1CCCC1c1ccccc1I. The highest BCUT2D eigenvalue weighted by Crippen LogP contribution is 2.35. The zero-order valence-corrected chi connectivity index (χ0v) is 14.5. The molecule has 0 aromatic heterocycles. The van der Waals surface area contributed by atoms with E-state index in [1.54, 1.807) is 0 Å². The van der Waals surface area contributed by atoms with Gasteiger partial charge in [-0.1, -0.05) is 18.2 Å². The normalized spacial score (nSPS) is 25.5. The maximum atomic E-state index is 12.6. The second-order valence-electron chi connectivity index (χ2n) is 6.16. The maximum absolute atomic E-state index is 12.6. The molecule has 0 aliphatic carbocycles. The molecule has 2 fully saturated rings. The highest BCUT2D eigenvalue weighted by molar-refractivity contribution is 14.1. The Morgan fingerprint density at radius 3 is 2.95 bits per heavy atom. The van der Waals surface area contributed by atoms with Gasteiger partial charge in [0.2, 0.25) is 5.91 Å². The third kappa shape index (κ3) is 3.59. The van der Waals surface area contributed by atoms with Crippen LogP contribution < -0.4 is 5.32 Å². The van der Waals surface area contributed by atoms with E-state index < -0.39 is 0 Å². The summed E-state index contributed by atoms with van der Waals surface area (Å²) in [6.07, 6.45) is 5.23. The Bertz CT molecular complexity index is 499. The first-order chi connectivity index (χ1) is 10.3. The van der Waals surface area contributed by atoms with Gasteiger partial charge in [0.1, 0.15) is 0 Å². The minimum atomic E-state index is 0.298. The van der Waals surface area contributed by atoms with Crippen LogP contribution in [-0.2, 0) is 4.79 Å². The Kier molecular flexibility index (Phi) is 5.16. The molecule has 1 aromatic rings. The van der Waals surface area contributed by atoms with Crippen molar-refractivity contribution in [3.63, 3.8) is 0 Å². The summed E-state index contributed by atoms with van der Waals surface area (Å²) in [7, 11) is 0. The number of likely N-dealkylation sites (tertiary alicyclic amines) is 1. The quantitative estimate of drug-likeness (QED) is 0.790. The molecule has 0 saturated carbocycles. The monoisotopic (exact) mass is 398 g/mol. The Morgan fingerprint density at radius 2 is 2.19 bits per heavy atom. The zero-order chi connectivity index (χ0) is 14.7. The average molecular weight is 398 g/mol. The average Bonchev–Trinajstić information content (AvgIpc) is 3.16. The van der Waals surface area contributed by atoms with Crippen molar-refractivity contribution in [3.05, 3.63) is 33.4 Å². The van der Waals surface area contributed by atoms with E-state index in [0.717, 1.165) is 38.9 Å². The molecule has 1 N–H and O–H groups in total. The molecule has 3 rings (SSSR count). The second kappa shape index (κ2) is 7.09. The van der Waals surface area contributed by atoms with E-state index in [-0.39, 0.29) is 0 Å². The molecular formula is C17H23IN2O. The van der Waals surface area contributed by atoms with Crippen LogP contribution in [0.4, 0.5) is 0 Å². The molecular weight excluding hydrogens is 375 g/mol. The van der Waals surface area contributed by atoms with Crippen LogP contribution in [0.1, 0.15) is 43.7 Å². The lowest BCUT2D eigenvalue weighted by atomic mass is 10.0. The summed E-state index contributed by atoms with van der Waals surface area (Å²) in [4.78, 5) is 14.7. The van der Waals surface area contributed by atoms with Crippen LogP contribution in [0.3, 0.4) is 0 Å². The molecule has 0 radical (unpaired) electrons. The molecule has 2 saturated heterocycles. The smallest absolute Gasteiger partial charge is 0.223 e. The molecule has 2 atom stereocenters. The van der Waals surface area contributed by atoms with Crippen molar-refractivity contribution >= 4 is 28.5 Å². The highest BCUT2D eigenvalue weighted by atomic mass is 127. The minimum absolute atomic E-state index is 0.298. The molecule has 0 spiro atoms. The summed E-state index contributed by atoms with van der Waals surface area (Å²) in [5.41, 5.74) is 1.33. The van der Waals surface area contributed by atoms with Crippen molar-refractivity contribution in [2.24, 2.45) is 5.92 Å². The molecule has 2 unspecified atom stereocenters. The van der Waals surface area contributed by atoms with Gasteiger partial charge in [-0.15, -0.1) is 0 Å². The van der Waals surface area contributed by atoms with E-state index in [1.165, 1.54) is 15.6 Å². The number of nitrogens with zero attached hydrogens (tertiary/aromatic N) is 1. The van der Waals surface area contributed by atoms with Crippen LogP contribution in [0, 0.1) is 9.49 Å². The fourth-order valence-corrected chi connectivity index (χ4v) is 4.31. The third-order valence-electron chi connectivity index (χ3n) is 4.77. The predicted octanol–water partition coefficient (Wildman–Crippen LogP) is 3.34. The summed E-state index contributed by atoms with van der Waals surface area (Å²) in [5, 5.41) is 3.38. The topological polar surface area (TPSA) is 32.3 Å². The van der Waals surface area contributed by atoms with Gasteiger partial charge in [-0.25, -0.2) is 0 Å². The standard InChI is InChI=1S/C17H23IN2O/c18-15-5-2-1-4-14(15)16-6-3-11-20(16)17(21)8-7-13-9-10-19-12-13/h1-2,4-5,13,16,19H,3,6-12H2. The van der Waals surface area contributed by atoms with Gasteiger partial charge >= 0.3 is 0 Å². The van der Waals surface area contributed by atoms with Gasteiger partial charge in [-0.2, -0.15) is 0 Å². The summed E-state index contributed by atoms with van der Waals surface area (Å²) in [6.45, 7) is 3.14. The van der Waals surface area contributed by atoms with Crippen LogP contribution >= 0.6 is 22.6 Å². The van der Waals surface area contributed by atoms with E-state index in [0.29, 0.717) is 24.3 Å². The number of nitrogens with one attached hydrogen (secondary N) is 1. The molecule has 114 valence electrons. The van der Waals surface area contributed by atoms with Crippen molar-refractivity contribution in [3.8, 4) is 0 Å². The first-order valence-corrected chi connectivity index (χ1v) is 9.08. The lowest BCUT2D eigenvalue weighted by molar-refractivity contribution is -0.132. The van der Waals surface area contributed by atoms with Gasteiger partial charge in [0.15, 0.2) is 0 Å². The second-order valence-corrected chi connectivity index (χ2v) is 7.33. The van der Waals surface area contributed by atoms with Crippen LogP contribution in [0.25, 0.3) is 0 Å². The highest BCUT2D eigenvalue weighted by Gasteiger charge is 2.31. The third-order valence-corrected chi connectivity index (χ3v) is 5.75. The largest absolute Gasteiger partial charge is 0.336 e. The summed E-state index contributed by atoms with van der Waals surface area (Å²) >= 11 is 2.39. The van der Waals surface area contributed by atoms with E-state index >= 15 is 0 Å². The van der Waals surface area contributed by atoms with E-state index in [1.807, 2.05) is 0 Å². The number of benzene rings is 1. The molecule has 4 heteroatoms.